The molecule has 0 saturated carbocycles. The summed E-state index contributed by atoms with van der Waals surface area (Å²) in [5.41, 5.74) is 1.35. The van der Waals surface area contributed by atoms with Gasteiger partial charge < -0.3 is 10.2 Å². The van der Waals surface area contributed by atoms with E-state index < -0.39 is 0 Å². The molecule has 0 amide bonds. The molecule has 0 aromatic heterocycles. The van der Waals surface area contributed by atoms with Gasteiger partial charge in [-0.25, -0.2) is 0 Å². The van der Waals surface area contributed by atoms with Gasteiger partial charge in [-0.2, -0.15) is 0 Å². The van der Waals surface area contributed by atoms with E-state index in [-0.39, 0.29) is 0 Å². The second-order valence-electron chi connectivity index (χ2n) is 4.19. The minimum absolute atomic E-state index is 0.411. The van der Waals surface area contributed by atoms with E-state index in [1.807, 2.05) is 0 Å². The lowest BCUT2D eigenvalue weighted by atomic mass is 10.2. The van der Waals surface area contributed by atoms with Gasteiger partial charge in [-0.3, -0.25) is 4.90 Å². The summed E-state index contributed by atoms with van der Waals surface area (Å²) in [6.07, 6.45) is 6.88. The van der Waals surface area contributed by atoms with E-state index in [0.717, 1.165) is 13.1 Å². The number of allylic oxidation sites excluding steroid dienone is 2. The fraction of sp³-hybridized carbons (Fsp3) is 0.636. The number of hydrogen-bond donors (Lipinski definition) is 1. The van der Waals surface area contributed by atoms with Crippen LogP contribution in [0.4, 0.5) is 0 Å². The van der Waals surface area contributed by atoms with Crippen molar-refractivity contribution >= 4 is 0 Å². The molecule has 1 atom stereocenters. The number of nitrogens with zero attached hydrogens (tertiary/aromatic N) is 2. The molecule has 1 N–H and O–H groups in total. The molecule has 0 bridgehead atoms. The summed E-state index contributed by atoms with van der Waals surface area (Å²) in [7, 11) is 2.19. The average molecular weight is 193 g/mol. The van der Waals surface area contributed by atoms with Gasteiger partial charge in [0.05, 0.1) is 6.17 Å². The number of likely N-dealkylation sites (N-methyl/N-ethyl adjacent to an activating group) is 1. The first kappa shape index (κ1) is 9.74. The first-order valence-corrected chi connectivity index (χ1v) is 5.29. The lowest BCUT2D eigenvalue weighted by Crippen LogP contribution is -2.52. The molecule has 0 aromatic rings. The molecule has 0 aliphatic carbocycles. The number of rotatable bonds is 1. The van der Waals surface area contributed by atoms with Crippen LogP contribution in [0.5, 0.6) is 0 Å². The van der Waals surface area contributed by atoms with Crippen LogP contribution in [-0.2, 0) is 0 Å². The minimum Gasteiger partial charge on any atom is -0.372 e. The quantitative estimate of drug-likeness (QED) is 0.659. The Morgan fingerprint density at radius 1 is 1.29 bits per heavy atom. The van der Waals surface area contributed by atoms with Gasteiger partial charge >= 0.3 is 0 Å². The van der Waals surface area contributed by atoms with Crippen molar-refractivity contribution in [3.8, 4) is 0 Å². The van der Waals surface area contributed by atoms with Crippen LogP contribution in [0.3, 0.4) is 0 Å². The number of dihydropyridines is 1. The number of hydrogen-bond acceptors (Lipinski definition) is 3. The van der Waals surface area contributed by atoms with Gasteiger partial charge in [0.15, 0.2) is 0 Å². The predicted molar refractivity (Wildman–Crippen MR) is 58.9 cm³/mol. The normalized spacial score (nSPS) is 29.9. The monoisotopic (exact) mass is 193 g/mol. The van der Waals surface area contributed by atoms with Crippen LogP contribution in [0.1, 0.15) is 6.92 Å². The summed E-state index contributed by atoms with van der Waals surface area (Å²) >= 11 is 0. The van der Waals surface area contributed by atoms with Crippen LogP contribution >= 0.6 is 0 Å². The summed E-state index contributed by atoms with van der Waals surface area (Å²) in [6.45, 7) is 6.82. The molecule has 0 spiro atoms. The van der Waals surface area contributed by atoms with Crippen LogP contribution in [0.15, 0.2) is 23.9 Å². The third kappa shape index (κ3) is 2.16. The summed E-state index contributed by atoms with van der Waals surface area (Å²) in [5.74, 6) is 0. The van der Waals surface area contributed by atoms with Gasteiger partial charge in [-0.1, -0.05) is 5.57 Å². The number of nitrogens with one attached hydrogen (secondary N) is 1. The van der Waals surface area contributed by atoms with E-state index in [1.54, 1.807) is 0 Å². The highest BCUT2D eigenvalue weighted by Crippen LogP contribution is 2.10. The van der Waals surface area contributed by atoms with E-state index in [0.29, 0.717) is 6.17 Å². The Bertz CT molecular complexity index is 249. The molecular formula is C11H19N3. The first-order chi connectivity index (χ1) is 6.75. The van der Waals surface area contributed by atoms with Crippen molar-refractivity contribution in [2.45, 2.75) is 13.1 Å². The zero-order valence-corrected chi connectivity index (χ0v) is 9.03. The fourth-order valence-corrected chi connectivity index (χ4v) is 1.94. The van der Waals surface area contributed by atoms with Crippen molar-refractivity contribution in [3.05, 3.63) is 23.9 Å². The van der Waals surface area contributed by atoms with Crippen molar-refractivity contribution in [1.82, 2.24) is 15.1 Å². The highest BCUT2D eigenvalue weighted by atomic mass is 15.3. The topological polar surface area (TPSA) is 18.5 Å². The molecule has 0 radical (unpaired) electrons. The molecule has 2 aliphatic rings. The third-order valence-electron chi connectivity index (χ3n) is 2.97. The molecule has 14 heavy (non-hydrogen) atoms. The Morgan fingerprint density at radius 3 is 2.64 bits per heavy atom. The molecular weight excluding hydrogens is 174 g/mol. The van der Waals surface area contributed by atoms with E-state index in [9.17, 15) is 0 Å². The third-order valence-corrected chi connectivity index (χ3v) is 2.97. The highest BCUT2D eigenvalue weighted by molar-refractivity contribution is 5.22. The Balaban J connectivity index is 1.93. The van der Waals surface area contributed by atoms with E-state index in [4.69, 9.17) is 0 Å². The van der Waals surface area contributed by atoms with Crippen LogP contribution in [0.25, 0.3) is 0 Å². The van der Waals surface area contributed by atoms with Gasteiger partial charge in [-0.15, -0.1) is 0 Å². The molecule has 2 aliphatic heterocycles. The van der Waals surface area contributed by atoms with Crippen molar-refractivity contribution in [2.24, 2.45) is 0 Å². The van der Waals surface area contributed by atoms with Crippen LogP contribution in [0, 0.1) is 0 Å². The summed E-state index contributed by atoms with van der Waals surface area (Å²) in [6, 6.07) is 0. The smallest absolute Gasteiger partial charge is 0.0988 e. The summed E-state index contributed by atoms with van der Waals surface area (Å²) in [5, 5.41) is 3.38. The minimum atomic E-state index is 0.411. The molecule has 3 heteroatoms. The van der Waals surface area contributed by atoms with Crippen molar-refractivity contribution in [1.29, 1.82) is 0 Å². The Morgan fingerprint density at radius 2 is 2.00 bits per heavy atom. The van der Waals surface area contributed by atoms with Crippen molar-refractivity contribution in [3.63, 3.8) is 0 Å². The van der Waals surface area contributed by atoms with Crippen molar-refractivity contribution in [2.75, 3.05) is 33.2 Å². The molecule has 3 nitrogen and oxygen atoms in total. The molecule has 2 rings (SSSR count). The van der Waals surface area contributed by atoms with Gasteiger partial charge in [0.25, 0.3) is 0 Å². The second kappa shape index (κ2) is 4.15. The lowest BCUT2D eigenvalue weighted by molar-refractivity contribution is 0.121. The molecule has 1 fully saturated rings. The average Bonchev–Trinajstić information content (AvgIpc) is 2.19. The maximum atomic E-state index is 3.38. The van der Waals surface area contributed by atoms with Crippen LogP contribution in [-0.4, -0.2) is 49.2 Å². The molecule has 1 unspecified atom stereocenters. The molecule has 0 aromatic carbocycles. The summed E-state index contributed by atoms with van der Waals surface area (Å²) in [4.78, 5) is 4.87. The van der Waals surface area contributed by atoms with Gasteiger partial charge in [0.1, 0.15) is 0 Å². The lowest BCUT2D eigenvalue weighted by Gasteiger charge is -2.37. The first-order valence-electron chi connectivity index (χ1n) is 5.29. The SMILES string of the molecule is CC1=CC(N2CCN(C)CC2)NC=C1. The van der Waals surface area contributed by atoms with Gasteiger partial charge in [0, 0.05) is 26.2 Å². The van der Waals surface area contributed by atoms with E-state index in [2.05, 4.69) is 47.4 Å². The molecule has 1 saturated heterocycles. The maximum absolute atomic E-state index is 3.38. The molecule has 2 heterocycles. The van der Waals surface area contributed by atoms with E-state index >= 15 is 0 Å². The van der Waals surface area contributed by atoms with Gasteiger partial charge in [-0.05, 0) is 32.3 Å². The Hall–Kier alpha value is -0.800. The Kier molecular flexibility index (Phi) is 2.89. The number of piperazine rings is 1. The molecule has 78 valence electrons. The standard InChI is InChI=1S/C11H19N3/c1-10-3-4-12-11(9-10)14-7-5-13(2)6-8-14/h3-4,9,11-12H,5-8H2,1-2H3. The van der Waals surface area contributed by atoms with Crippen molar-refractivity contribution < 1.29 is 0 Å². The van der Waals surface area contributed by atoms with Crippen LogP contribution in [0.2, 0.25) is 0 Å². The van der Waals surface area contributed by atoms with E-state index in [1.165, 1.54) is 18.7 Å². The Labute approximate surface area is 86.1 Å². The predicted octanol–water partition coefficient (Wildman–Crippen LogP) is 0.623. The van der Waals surface area contributed by atoms with Crippen LogP contribution < -0.4 is 5.32 Å². The second-order valence-corrected chi connectivity index (χ2v) is 4.19. The van der Waals surface area contributed by atoms with Gasteiger partial charge in [0.2, 0.25) is 0 Å². The summed E-state index contributed by atoms with van der Waals surface area (Å²) < 4.78 is 0. The fourth-order valence-electron chi connectivity index (χ4n) is 1.94. The highest BCUT2D eigenvalue weighted by Gasteiger charge is 2.20. The maximum Gasteiger partial charge on any atom is 0.0988 e. The zero-order chi connectivity index (χ0) is 9.97. The largest absolute Gasteiger partial charge is 0.372 e. The zero-order valence-electron chi connectivity index (χ0n) is 9.03.